The number of rotatable bonds is 3. The lowest BCUT2D eigenvalue weighted by molar-refractivity contribution is -0.123. The van der Waals surface area contributed by atoms with Gasteiger partial charge in [0.1, 0.15) is 0 Å². The zero-order valence-electron chi connectivity index (χ0n) is 15.3. The van der Waals surface area contributed by atoms with Crippen LogP contribution in [0.3, 0.4) is 0 Å². The number of nitrogens with one attached hydrogen (secondary N) is 2. The fourth-order valence-corrected chi connectivity index (χ4v) is 5.03. The maximum Gasteiger partial charge on any atom is 0.258 e. The van der Waals surface area contributed by atoms with Crippen molar-refractivity contribution in [1.82, 2.24) is 10.3 Å². The molecular formula is C22H22BrN3O. The summed E-state index contributed by atoms with van der Waals surface area (Å²) in [5.74, 6) is 0.136. The summed E-state index contributed by atoms with van der Waals surface area (Å²) in [5, 5.41) is 4.83. The highest BCUT2D eigenvalue weighted by Crippen LogP contribution is 2.48. The molecule has 0 bridgehead atoms. The molecule has 1 aromatic heterocycles. The standard InChI is InChI=1S/C22H22BrN3O/c1-2-3-12-26-19-9-8-14(23)13-17(19)22(21(26)27)20-16(10-11-24-22)15-6-4-5-7-18(15)25-20/h4-9,13,24-25H,2-3,10-12H2,1H3/t22-/m0/s1. The molecule has 3 aromatic rings. The zero-order chi connectivity index (χ0) is 18.6. The molecule has 4 nitrogen and oxygen atoms in total. The van der Waals surface area contributed by atoms with E-state index in [0.717, 1.165) is 59.3 Å². The van der Waals surface area contributed by atoms with Gasteiger partial charge in [-0.3, -0.25) is 10.1 Å². The summed E-state index contributed by atoms with van der Waals surface area (Å²) in [7, 11) is 0. The number of amides is 1. The summed E-state index contributed by atoms with van der Waals surface area (Å²) in [5.41, 5.74) is 4.63. The number of carbonyl (C=O) groups excluding carboxylic acids is 1. The third-order valence-corrected chi connectivity index (χ3v) is 6.40. The smallest absolute Gasteiger partial charge is 0.258 e. The molecule has 0 fully saturated rings. The van der Waals surface area contributed by atoms with E-state index in [2.05, 4.69) is 63.5 Å². The van der Waals surface area contributed by atoms with Gasteiger partial charge >= 0.3 is 0 Å². The quantitative estimate of drug-likeness (QED) is 0.652. The third kappa shape index (κ3) is 2.28. The van der Waals surface area contributed by atoms with E-state index in [4.69, 9.17) is 0 Å². The van der Waals surface area contributed by atoms with Gasteiger partial charge in [-0.05, 0) is 42.7 Å². The van der Waals surface area contributed by atoms with E-state index in [1.165, 1.54) is 10.9 Å². The molecule has 1 amide bonds. The molecule has 2 aliphatic heterocycles. The Labute approximate surface area is 167 Å². The van der Waals surface area contributed by atoms with Crippen LogP contribution in [-0.4, -0.2) is 24.0 Å². The molecule has 5 heteroatoms. The van der Waals surface area contributed by atoms with Crippen LogP contribution in [0.1, 0.15) is 36.6 Å². The second-order valence-electron chi connectivity index (χ2n) is 7.42. The first-order valence-electron chi connectivity index (χ1n) is 9.64. The second kappa shape index (κ2) is 6.21. The van der Waals surface area contributed by atoms with Gasteiger partial charge in [0.2, 0.25) is 0 Å². The van der Waals surface area contributed by atoms with E-state index in [0.29, 0.717) is 0 Å². The van der Waals surface area contributed by atoms with Gasteiger partial charge in [-0.2, -0.15) is 0 Å². The molecule has 2 aliphatic rings. The monoisotopic (exact) mass is 423 g/mol. The molecule has 0 saturated carbocycles. The van der Waals surface area contributed by atoms with Crippen molar-refractivity contribution in [2.45, 2.75) is 31.7 Å². The minimum Gasteiger partial charge on any atom is -0.356 e. The lowest BCUT2D eigenvalue weighted by Crippen LogP contribution is -2.55. The number of aromatic nitrogens is 1. The number of aromatic amines is 1. The van der Waals surface area contributed by atoms with Crippen LogP contribution in [0.25, 0.3) is 10.9 Å². The Hall–Kier alpha value is -2.11. The second-order valence-corrected chi connectivity index (χ2v) is 8.34. The Balaban J connectivity index is 1.78. The average Bonchev–Trinajstić information content (AvgIpc) is 3.17. The number of halogens is 1. The Morgan fingerprint density at radius 2 is 2.07 bits per heavy atom. The number of H-pyrrole nitrogens is 1. The number of anilines is 1. The van der Waals surface area contributed by atoms with Crippen LogP contribution in [0.2, 0.25) is 0 Å². The number of fused-ring (bicyclic) bond motifs is 6. The molecule has 0 aliphatic carbocycles. The highest BCUT2D eigenvalue weighted by Gasteiger charge is 2.55. The van der Waals surface area contributed by atoms with Crippen molar-refractivity contribution in [1.29, 1.82) is 0 Å². The number of hydrogen-bond acceptors (Lipinski definition) is 2. The van der Waals surface area contributed by atoms with E-state index in [1.807, 2.05) is 17.0 Å². The van der Waals surface area contributed by atoms with Crippen molar-refractivity contribution < 1.29 is 4.79 Å². The molecule has 27 heavy (non-hydrogen) atoms. The first-order valence-corrected chi connectivity index (χ1v) is 10.4. The lowest BCUT2D eigenvalue weighted by atomic mass is 9.82. The van der Waals surface area contributed by atoms with Gasteiger partial charge in [0.15, 0.2) is 5.54 Å². The number of para-hydroxylation sites is 1. The summed E-state index contributed by atoms with van der Waals surface area (Å²) in [6, 6.07) is 14.6. The van der Waals surface area contributed by atoms with Crippen LogP contribution in [0, 0.1) is 0 Å². The average molecular weight is 424 g/mol. The Kier molecular flexibility index (Phi) is 3.92. The van der Waals surface area contributed by atoms with E-state index in [-0.39, 0.29) is 5.91 Å². The van der Waals surface area contributed by atoms with Gasteiger partial charge in [-0.15, -0.1) is 0 Å². The third-order valence-electron chi connectivity index (χ3n) is 5.91. The van der Waals surface area contributed by atoms with Crippen LogP contribution < -0.4 is 10.2 Å². The SMILES string of the molecule is CCCCN1C(=O)[C@]2(NCCc3c2[nH]c2ccccc32)c2cc(Br)ccc21. The number of hydrogen-bond donors (Lipinski definition) is 2. The molecule has 5 rings (SSSR count). The van der Waals surface area contributed by atoms with Crippen molar-refractivity contribution >= 4 is 38.4 Å². The van der Waals surface area contributed by atoms with Crippen LogP contribution in [0.5, 0.6) is 0 Å². The van der Waals surface area contributed by atoms with Gasteiger partial charge in [0.05, 0.1) is 5.69 Å². The number of carbonyl (C=O) groups is 1. The summed E-state index contributed by atoms with van der Waals surface area (Å²) in [4.78, 5) is 19.4. The minimum atomic E-state index is -0.820. The van der Waals surface area contributed by atoms with Crippen LogP contribution >= 0.6 is 15.9 Å². The normalized spacial score (nSPS) is 21.1. The molecule has 1 atom stereocenters. The maximum atomic E-state index is 13.8. The van der Waals surface area contributed by atoms with Gasteiger partial charge in [0.25, 0.3) is 5.91 Å². The Bertz CT molecular complexity index is 1060. The van der Waals surface area contributed by atoms with Crippen LogP contribution in [0.15, 0.2) is 46.9 Å². The first-order chi connectivity index (χ1) is 13.2. The maximum absolute atomic E-state index is 13.8. The topological polar surface area (TPSA) is 48.1 Å². The highest BCUT2D eigenvalue weighted by molar-refractivity contribution is 9.10. The fourth-order valence-electron chi connectivity index (χ4n) is 4.66. The molecule has 2 aromatic carbocycles. The number of nitrogens with zero attached hydrogens (tertiary/aromatic N) is 1. The lowest BCUT2D eigenvalue weighted by Gasteiger charge is -2.34. The largest absolute Gasteiger partial charge is 0.356 e. The molecule has 3 heterocycles. The molecule has 2 N–H and O–H groups in total. The predicted molar refractivity (Wildman–Crippen MR) is 112 cm³/mol. The van der Waals surface area contributed by atoms with Crippen molar-refractivity contribution in [3.05, 3.63) is 63.8 Å². The first kappa shape index (κ1) is 17.0. The van der Waals surface area contributed by atoms with E-state index in [9.17, 15) is 4.79 Å². The van der Waals surface area contributed by atoms with E-state index >= 15 is 0 Å². The van der Waals surface area contributed by atoms with Crippen molar-refractivity contribution in [3.8, 4) is 0 Å². The van der Waals surface area contributed by atoms with Gasteiger partial charge < -0.3 is 9.88 Å². The molecular weight excluding hydrogens is 402 g/mol. The molecule has 0 radical (unpaired) electrons. The summed E-state index contributed by atoms with van der Waals surface area (Å²) < 4.78 is 0.996. The molecule has 0 unspecified atom stereocenters. The molecule has 138 valence electrons. The van der Waals surface area contributed by atoms with Gasteiger partial charge in [-0.25, -0.2) is 0 Å². The Morgan fingerprint density at radius 3 is 2.93 bits per heavy atom. The van der Waals surface area contributed by atoms with E-state index < -0.39 is 5.54 Å². The zero-order valence-corrected chi connectivity index (χ0v) is 16.9. The fraction of sp³-hybridized carbons (Fsp3) is 0.318. The summed E-state index contributed by atoms with van der Waals surface area (Å²) in [6.07, 6.45) is 2.98. The highest BCUT2D eigenvalue weighted by atomic mass is 79.9. The summed E-state index contributed by atoms with van der Waals surface area (Å²) in [6.45, 7) is 3.70. The summed E-state index contributed by atoms with van der Waals surface area (Å²) >= 11 is 3.61. The molecule has 0 saturated heterocycles. The van der Waals surface area contributed by atoms with Gasteiger partial charge in [0, 0.05) is 39.7 Å². The van der Waals surface area contributed by atoms with Crippen molar-refractivity contribution in [2.24, 2.45) is 0 Å². The Morgan fingerprint density at radius 1 is 1.22 bits per heavy atom. The van der Waals surface area contributed by atoms with Crippen LogP contribution in [0.4, 0.5) is 5.69 Å². The predicted octanol–water partition coefficient (Wildman–Crippen LogP) is 4.47. The van der Waals surface area contributed by atoms with Crippen molar-refractivity contribution in [2.75, 3.05) is 18.0 Å². The van der Waals surface area contributed by atoms with E-state index in [1.54, 1.807) is 0 Å². The number of unbranched alkanes of at least 4 members (excludes halogenated alkanes) is 1. The van der Waals surface area contributed by atoms with Gasteiger partial charge in [-0.1, -0.05) is 47.5 Å². The van der Waals surface area contributed by atoms with Crippen molar-refractivity contribution in [3.63, 3.8) is 0 Å². The van der Waals surface area contributed by atoms with Crippen LogP contribution in [-0.2, 0) is 16.8 Å². The molecule has 1 spiro atoms. The minimum absolute atomic E-state index is 0.136. The number of benzene rings is 2.